The molecule has 11 rings (SSSR count). The Morgan fingerprint density at radius 2 is 0.844 bits per heavy atom. The highest BCUT2D eigenvalue weighted by atomic mass is 35.5. The number of terminal acetylenes is 6. The number of fused-ring (bicyclic) bond motifs is 5. The Balaban J connectivity index is 0.000000182. The van der Waals surface area contributed by atoms with Crippen LogP contribution in [0.25, 0.3) is 35.2 Å². The van der Waals surface area contributed by atoms with E-state index >= 15 is 0 Å². The van der Waals surface area contributed by atoms with Gasteiger partial charge in [0, 0.05) is 91.5 Å². The van der Waals surface area contributed by atoms with Gasteiger partial charge in [-0.15, -0.1) is 74.1 Å². The quantitative estimate of drug-likeness (QED) is 0.0232. The highest BCUT2D eigenvalue weighted by Gasteiger charge is 2.32. The fourth-order valence-electron chi connectivity index (χ4n) is 11.7. The Hall–Kier alpha value is -9.93. The molecule has 0 spiro atoms. The fraction of sp³-hybridized carbons (Fsp3) is 0.272. The van der Waals surface area contributed by atoms with E-state index < -0.39 is 56.6 Å². The third-order valence-corrected chi connectivity index (χ3v) is 18.3. The minimum atomic E-state index is -3.45. The topological polar surface area (TPSA) is 212 Å². The van der Waals surface area contributed by atoms with Crippen LogP contribution in [0.2, 0.25) is 5.02 Å². The zero-order valence-corrected chi connectivity index (χ0v) is 55.4. The van der Waals surface area contributed by atoms with Gasteiger partial charge in [0.2, 0.25) is 0 Å². The van der Waals surface area contributed by atoms with Crippen molar-refractivity contribution in [2.24, 2.45) is 0 Å². The summed E-state index contributed by atoms with van der Waals surface area (Å²) < 4.78 is 28.5. The van der Waals surface area contributed by atoms with Crippen LogP contribution in [0.3, 0.4) is 0 Å². The molecule has 0 heterocycles. The number of aliphatic hydroxyl groups excluding tert-OH is 6. The molecular formula is C81H77ClN2O11S. The van der Waals surface area contributed by atoms with Crippen LogP contribution in [0.1, 0.15) is 146 Å². The molecule has 0 aromatic heterocycles. The van der Waals surface area contributed by atoms with E-state index in [1.54, 1.807) is 36.4 Å². The van der Waals surface area contributed by atoms with E-state index in [-0.39, 0.29) is 48.1 Å². The van der Waals surface area contributed by atoms with Crippen LogP contribution >= 0.6 is 11.6 Å². The molecule has 5 aliphatic rings. The number of benzene rings is 6. The highest BCUT2D eigenvalue weighted by Crippen LogP contribution is 2.40. The number of non-ortho nitro benzene ring substituents is 1. The van der Waals surface area contributed by atoms with Gasteiger partial charge in [0.05, 0.1) is 55.2 Å². The van der Waals surface area contributed by atoms with E-state index in [2.05, 4.69) is 103 Å². The van der Waals surface area contributed by atoms with E-state index in [0.717, 1.165) is 39.6 Å². The van der Waals surface area contributed by atoms with Crippen LogP contribution in [0.15, 0.2) is 146 Å². The van der Waals surface area contributed by atoms with Crippen LogP contribution in [-0.2, 0) is 9.84 Å². The second-order valence-electron chi connectivity index (χ2n) is 23.3. The SMILES string of the molecule is C#CCC(O)C(c1ccc(OC)cc1)S(C)(=O)=O.C#CCC(O)C1C=Cc2ccc(C)cc21.C#CCC(O)C1C=Cc2ccc(C)cc21.C#CCC(O)C1C=Cc2ccc(Cl)cc21.C#CCC(O)C1C=Cc2ccc([N+](=O)[O-])cc21.[C-]#[N+]c1ccc2c(c1)C(C(O)CC#C)C=C2. The summed E-state index contributed by atoms with van der Waals surface area (Å²) in [6.45, 7) is 11.1. The zero-order valence-electron chi connectivity index (χ0n) is 53.8. The molecule has 0 radical (unpaired) electrons. The summed E-state index contributed by atoms with van der Waals surface area (Å²) in [4.78, 5) is 13.6. The second-order valence-corrected chi connectivity index (χ2v) is 25.9. The number of nitro groups is 1. The van der Waals surface area contributed by atoms with Gasteiger partial charge in [-0.3, -0.25) is 10.1 Å². The Bertz CT molecular complexity index is 4120. The maximum Gasteiger partial charge on any atom is 0.269 e. The van der Waals surface area contributed by atoms with Gasteiger partial charge in [0.1, 0.15) is 11.0 Å². The molecule has 0 aliphatic heterocycles. The largest absolute Gasteiger partial charge is 0.497 e. The van der Waals surface area contributed by atoms with Crippen LogP contribution in [-0.4, -0.2) is 94.0 Å². The number of rotatable bonds is 16. The zero-order chi connectivity index (χ0) is 70.2. The van der Waals surface area contributed by atoms with E-state index in [1.807, 2.05) is 78.9 Å². The lowest BCUT2D eigenvalue weighted by atomic mass is 9.92. The van der Waals surface area contributed by atoms with Crippen LogP contribution < -0.4 is 4.74 Å². The van der Waals surface area contributed by atoms with E-state index in [0.29, 0.717) is 47.7 Å². The average molecular weight is 1320 g/mol. The van der Waals surface area contributed by atoms with E-state index in [1.165, 1.54) is 52.6 Å². The molecule has 0 amide bonds. The first-order chi connectivity index (χ1) is 45.9. The third kappa shape index (κ3) is 20.1. The van der Waals surface area contributed by atoms with Gasteiger partial charge < -0.3 is 35.4 Å². The molecule has 13 nitrogen and oxygen atoms in total. The van der Waals surface area contributed by atoms with E-state index in [9.17, 15) is 49.2 Å². The van der Waals surface area contributed by atoms with Gasteiger partial charge in [0.25, 0.3) is 5.69 Å². The van der Waals surface area contributed by atoms with Gasteiger partial charge in [-0.2, -0.15) is 0 Å². The summed E-state index contributed by atoms with van der Waals surface area (Å²) in [5.41, 5.74) is 14.2. The molecule has 490 valence electrons. The molecule has 6 N–H and O–H groups in total. The molecule has 5 aliphatic carbocycles. The minimum absolute atomic E-state index is 0.0102. The Morgan fingerprint density at radius 1 is 0.510 bits per heavy atom. The fourth-order valence-corrected chi connectivity index (χ4v) is 13.2. The van der Waals surface area contributed by atoms with Crippen molar-refractivity contribution in [1.29, 1.82) is 0 Å². The third-order valence-electron chi connectivity index (χ3n) is 16.5. The number of aryl methyl sites for hydroxylation is 2. The number of nitrogens with zero attached hydrogens (tertiary/aromatic N) is 2. The summed E-state index contributed by atoms with van der Waals surface area (Å²) in [5, 5.41) is 69.6. The second kappa shape index (κ2) is 36.1. The first-order valence-electron chi connectivity index (χ1n) is 30.7. The van der Waals surface area contributed by atoms with Crippen molar-refractivity contribution in [3.8, 4) is 79.8 Å². The van der Waals surface area contributed by atoms with E-state index in [4.69, 9.17) is 61.5 Å². The summed E-state index contributed by atoms with van der Waals surface area (Å²) in [5.74, 6) is 15.0. The maximum atomic E-state index is 11.7. The van der Waals surface area contributed by atoms with Gasteiger partial charge in [-0.05, 0) is 105 Å². The number of methoxy groups -OCH3 is 1. The van der Waals surface area contributed by atoms with Crippen LogP contribution in [0.4, 0.5) is 11.4 Å². The summed E-state index contributed by atoms with van der Waals surface area (Å²) in [7, 11) is -1.92. The predicted molar refractivity (Wildman–Crippen MR) is 386 cm³/mol. The van der Waals surface area contributed by atoms with Crippen molar-refractivity contribution >= 4 is 63.2 Å². The van der Waals surface area contributed by atoms with Crippen LogP contribution in [0.5, 0.6) is 5.75 Å². The molecule has 15 heteroatoms. The van der Waals surface area contributed by atoms with Gasteiger partial charge in [0.15, 0.2) is 15.5 Å². The number of hydrogen-bond donors (Lipinski definition) is 6. The number of hydrogen-bond acceptors (Lipinski definition) is 11. The normalized spacial score (nSPS) is 18.3. The highest BCUT2D eigenvalue weighted by molar-refractivity contribution is 7.91. The number of halogens is 1. The maximum absolute atomic E-state index is 11.7. The molecule has 96 heavy (non-hydrogen) atoms. The monoisotopic (exact) mass is 1320 g/mol. The summed E-state index contributed by atoms with van der Waals surface area (Å²) in [6.07, 6.45) is 49.8. The van der Waals surface area contributed by atoms with Crippen molar-refractivity contribution in [3.63, 3.8) is 0 Å². The average Bonchev–Trinajstić information content (AvgIpc) is 1.66. The van der Waals surface area contributed by atoms with Crippen molar-refractivity contribution in [2.45, 2.75) is 124 Å². The molecule has 0 fully saturated rings. The molecule has 12 unspecified atom stereocenters. The standard InChI is InChI=1S/C14H11NO.2C14H14O.C13H11ClO.C13H11NO3.C13H16O4S/c1-3-4-14(16)12-8-6-10-5-7-11(15-2)9-13(10)12;2*1-3-4-14(15)12-8-7-11-6-5-10(2)9-13(11)12;1-2-3-13(15)11-7-5-9-4-6-10(14)8-12(9)11;1-2-3-13(15)11-7-5-9-4-6-10(14(16)17)8-12(9)11;1-4-5-12(14)13(18(3,15)16)10-6-8-11(17-2)9-7-10/h1,5-9,12,14,16H,4H2;2*1,5-9,12,14-15H,4H2,2H3;1,4-8,11,13,15H,3H2;1,4-8,11,13,15H,3H2;1,6-9,12-14H,5H2,2-3H3. The van der Waals surface area contributed by atoms with Crippen molar-refractivity contribution in [1.82, 2.24) is 0 Å². The van der Waals surface area contributed by atoms with Gasteiger partial charge >= 0.3 is 0 Å². The molecule has 12 atom stereocenters. The van der Waals surface area contributed by atoms with Crippen molar-refractivity contribution < 1.29 is 48.7 Å². The summed E-state index contributed by atoms with van der Waals surface area (Å²) >= 11 is 5.92. The molecule has 6 aromatic carbocycles. The Labute approximate surface area is 570 Å². The first-order valence-corrected chi connectivity index (χ1v) is 33.0. The van der Waals surface area contributed by atoms with Crippen molar-refractivity contribution in [2.75, 3.05) is 13.4 Å². The van der Waals surface area contributed by atoms with Gasteiger partial charge in [-0.1, -0.05) is 156 Å². The lowest BCUT2D eigenvalue weighted by Gasteiger charge is -2.20. The molecule has 0 saturated heterocycles. The molecule has 0 bridgehead atoms. The summed E-state index contributed by atoms with van der Waals surface area (Å²) in [6, 6.07) is 35.0. The Kier molecular flexibility index (Phi) is 28.2. The number of nitro benzene ring substituents is 1. The smallest absolute Gasteiger partial charge is 0.269 e. The molecule has 6 aromatic rings. The molecular weight excluding hydrogens is 1240 g/mol. The number of sulfone groups is 1. The molecule has 0 saturated carbocycles. The number of ether oxygens (including phenoxy) is 1. The lowest BCUT2D eigenvalue weighted by molar-refractivity contribution is -0.384. The predicted octanol–water partition coefficient (Wildman–Crippen LogP) is 13.8. The van der Waals surface area contributed by atoms with Crippen molar-refractivity contribution in [3.05, 3.63) is 245 Å². The Morgan fingerprint density at radius 3 is 1.19 bits per heavy atom. The lowest BCUT2D eigenvalue weighted by Crippen LogP contribution is -2.25. The minimum Gasteiger partial charge on any atom is -0.497 e. The number of aliphatic hydroxyl groups is 6. The first kappa shape index (κ1) is 75.1. The van der Waals surface area contributed by atoms with Crippen LogP contribution in [0, 0.1) is 105 Å². The van der Waals surface area contributed by atoms with Gasteiger partial charge in [-0.25, -0.2) is 13.3 Å².